The molecule has 0 spiro atoms. The Morgan fingerprint density at radius 1 is 1.23 bits per heavy atom. The second-order valence-corrected chi connectivity index (χ2v) is 6.20. The van der Waals surface area contributed by atoms with Crippen LogP contribution in [0.15, 0.2) is 42.9 Å². The highest BCUT2D eigenvalue weighted by Crippen LogP contribution is 2.19. The van der Waals surface area contributed by atoms with E-state index < -0.39 is 0 Å². The van der Waals surface area contributed by atoms with E-state index in [-0.39, 0.29) is 11.9 Å². The Kier molecular flexibility index (Phi) is 4.08. The topological polar surface area (TPSA) is 89.5 Å². The summed E-state index contributed by atoms with van der Waals surface area (Å²) >= 11 is 0. The normalized spacial score (nSPS) is 12.5. The Morgan fingerprint density at radius 2 is 2.12 bits per heavy atom. The second kappa shape index (κ2) is 6.55. The van der Waals surface area contributed by atoms with Crippen molar-refractivity contribution in [3.63, 3.8) is 0 Å². The van der Waals surface area contributed by atoms with Gasteiger partial charge in [0.2, 0.25) is 0 Å². The summed E-state index contributed by atoms with van der Waals surface area (Å²) in [5.41, 5.74) is 2.58. The molecule has 0 aromatic carbocycles. The van der Waals surface area contributed by atoms with Crippen LogP contribution < -0.4 is 5.32 Å². The van der Waals surface area contributed by atoms with Crippen LogP contribution in [0.4, 0.5) is 0 Å². The minimum atomic E-state index is -0.246. The SMILES string of the molecule is CCC[C@H](NC(=O)c1cnn2ccc(C)nc12)c1nnc2ccccn12. The summed E-state index contributed by atoms with van der Waals surface area (Å²) in [5.74, 6) is 0.501. The van der Waals surface area contributed by atoms with Gasteiger partial charge in [-0.25, -0.2) is 9.50 Å². The van der Waals surface area contributed by atoms with Gasteiger partial charge in [-0.2, -0.15) is 5.10 Å². The van der Waals surface area contributed by atoms with Gasteiger partial charge in [0.05, 0.1) is 12.2 Å². The molecule has 0 radical (unpaired) electrons. The van der Waals surface area contributed by atoms with E-state index in [1.807, 2.05) is 41.8 Å². The van der Waals surface area contributed by atoms with Crippen molar-refractivity contribution in [2.24, 2.45) is 0 Å². The van der Waals surface area contributed by atoms with Gasteiger partial charge in [0.15, 0.2) is 17.1 Å². The van der Waals surface area contributed by atoms with Gasteiger partial charge in [-0.15, -0.1) is 10.2 Å². The molecule has 0 saturated carbocycles. The fourth-order valence-corrected chi connectivity index (χ4v) is 3.01. The zero-order chi connectivity index (χ0) is 18.1. The van der Waals surface area contributed by atoms with Crippen molar-refractivity contribution in [2.75, 3.05) is 0 Å². The zero-order valence-corrected chi connectivity index (χ0v) is 14.6. The summed E-state index contributed by atoms with van der Waals surface area (Å²) in [4.78, 5) is 17.3. The number of aromatic nitrogens is 6. The standard InChI is InChI=1S/C18H19N7O/c1-3-6-14(17-23-22-15-7-4-5-9-24(15)17)21-18(26)13-11-19-25-10-8-12(2)20-16(13)25/h4-5,7-11,14H,3,6H2,1-2H3,(H,21,26)/t14-/m0/s1. The van der Waals surface area contributed by atoms with Crippen LogP contribution in [0.3, 0.4) is 0 Å². The minimum Gasteiger partial charge on any atom is -0.342 e. The van der Waals surface area contributed by atoms with Crippen molar-refractivity contribution in [3.05, 3.63) is 59.9 Å². The Labute approximate surface area is 149 Å². The number of carbonyl (C=O) groups is 1. The van der Waals surface area contributed by atoms with Gasteiger partial charge in [0.25, 0.3) is 5.91 Å². The van der Waals surface area contributed by atoms with Gasteiger partial charge >= 0.3 is 0 Å². The summed E-state index contributed by atoms with van der Waals surface area (Å²) in [6.07, 6.45) is 6.90. The summed E-state index contributed by atoms with van der Waals surface area (Å²) in [7, 11) is 0. The number of carbonyl (C=O) groups excluding carboxylic acids is 1. The first-order chi connectivity index (χ1) is 12.7. The van der Waals surface area contributed by atoms with Crippen LogP contribution in [0.25, 0.3) is 11.3 Å². The average molecular weight is 349 g/mol. The van der Waals surface area contributed by atoms with Crippen molar-refractivity contribution in [1.29, 1.82) is 0 Å². The van der Waals surface area contributed by atoms with Crippen molar-refractivity contribution in [1.82, 2.24) is 34.5 Å². The molecule has 4 rings (SSSR count). The molecule has 0 aliphatic rings. The van der Waals surface area contributed by atoms with Gasteiger partial charge in [-0.3, -0.25) is 9.20 Å². The van der Waals surface area contributed by atoms with E-state index in [0.29, 0.717) is 11.2 Å². The van der Waals surface area contributed by atoms with Gasteiger partial charge in [0, 0.05) is 18.1 Å². The third-order valence-electron chi connectivity index (χ3n) is 4.29. The maximum absolute atomic E-state index is 12.9. The Morgan fingerprint density at radius 3 is 2.96 bits per heavy atom. The number of nitrogens with zero attached hydrogens (tertiary/aromatic N) is 6. The van der Waals surface area contributed by atoms with Crippen LogP contribution in [0.2, 0.25) is 0 Å². The molecular weight excluding hydrogens is 330 g/mol. The quantitative estimate of drug-likeness (QED) is 0.597. The number of rotatable bonds is 5. The molecule has 26 heavy (non-hydrogen) atoms. The highest BCUT2D eigenvalue weighted by atomic mass is 16.1. The molecule has 132 valence electrons. The minimum absolute atomic E-state index is 0.218. The summed E-state index contributed by atoms with van der Waals surface area (Å²) in [6, 6.07) is 7.32. The Hall–Kier alpha value is -3.29. The molecule has 0 fully saturated rings. The molecule has 1 atom stereocenters. The molecule has 8 heteroatoms. The van der Waals surface area contributed by atoms with Gasteiger partial charge in [0.1, 0.15) is 5.56 Å². The van der Waals surface area contributed by atoms with Crippen LogP contribution in [0.5, 0.6) is 0 Å². The number of hydrogen-bond donors (Lipinski definition) is 1. The van der Waals surface area contributed by atoms with Crippen LogP contribution in [-0.4, -0.2) is 35.1 Å². The van der Waals surface area contributed by atoms with Crippen LogP contribution >= 0.6 is 0 Å². The van der Waals surface area contributed by atoms with Crippen molar-refractivity contribution in [2.45, 2.75) is 32.7 Å². The monoisotopic (exact) mass is 349 g/mol. The number of hydrogen-bond acceptors (Lipinski definition) is 5. The van der Waals surface area contributed by atoms with Gasteiger partial charge in [-0.1, -0.05) is 19.4 Å². The van der Waals surface area contributed by atoms with E-state index in [4.69, 9.17) is 0 Å². The van der Waals surface area contributed by atoms with E-state index in [2.05, 4.69) is 32.5 Å². The fraction of sp³-hybridized carbons (Fsp3) is 0.278. The van der Waals surface area contributed by atoms with Gasteiger partial charge < -0.3 is 5.32 Å². The Bertz CT molecular complexity index is 1080. The lowest BCUT2D eigenvalue weighted by Crippen LogP contribution is -2.30. The molecular formula is C18H19N7O. The predicted molar refractivity (Wildman–Crippen MR) is 95.8 cm³/mol. The average Bonchev–Trinajstić information content (AvgIpc) is 3.25. The maximum atomic E-state index is 12.9. The predicted octanol–water partition coefficient (Wildman–Crippen LogP) is 2.35. The van der Waals surface area contributed by atoms with Gasteiger partial charge in [-0.05, 0) is 31.5 Å². The lowest BCUT2D eigenvalue weighted by Gasteiger charge is -2.16. The third-order valence-corrected chi connectivity index (χ3v) is 4.29. The Balaban J connectivity index is 1.68. The number of amides is 1. The summed E-state index contributed by atoms with van der Waals surface area (Å²) < 4.78 is 3.50. The zero-order valence-electron chi connectivity index (χ0n) is 14.6. The van der Waals surface area contributed by atoms with E-state index in [1.54, 1.807) is 16.9 Å². The lowest BCUT2D eigenvalue weighted by atomic mass is 10.1. The number of pyridine rings is 1. The van der Waals surface area contributed by atoms with Crippen molar-refractivity contribution >= 4 is 17.2 Å². The molecule has 1 amide bonds. The smallest absolute Gasteiger partial charge is 0.257 e. The van der Waals surface area contributed by atoms with Crippen LogP contribution in [0.1, 0.15) is 47.7 Å². The first-order valence-electron chi connectivity index (χ1n) is 8.59. The van der Waals surface area contributed by atoms with E-state index in [9.17, 15) is 4.79 Å². The maximum Gasteiger partial charge on any atom is 0.257 e. The van der Waals surface area contributed by atoms with E-state index in [0.717, 1.165) is 30.0 Å². The molecule has 4 heterocycles. The number of fused-ring (bicyclic) bond motifs is 2. The molecule has 0 unspecified atom stereocenters. The van der Waals surface area contributed by atoms with Crippen LogP contribution in [-0.2, 0) is 0 Å². The fourth-order valence-electron chi connectivity index (χ4n) is 3.01. The number of aryl methyl sites for hydroxylation is 1. The molecule has 4 aromatic heterocycles. The lowest BCUT2D eigenvalue weighted by molar-refractivity contribution is 0.0934. The molecule has 4 aromatic rings. The molecule has 1 N–H and O–H groups in total. The first-order valence-corrected chi connectivity index (χ1v) is 8.59. The second-order valence-electron chi connectivity index (χ2n) is 6.20. The molecule has 0 aliphatic carbocycles. The molecule has 0 saturated heterocycles. The largest absolute Gasteiger partial charge is 0.342 e. The summed E-state index contributed by atoms with van der Waals surface area (Å²) in [5, 5.41) is 15.8. The number of nitrogens with one attached hydrogen (secondary N) is 1. The first kappa shape index (κ1) is 16.2. The summed E-state index contributed by atoms with van der Waals surface area (Å²) in [6.45, 7) is 3.96. The van der Waals surface area contributed by atoms with Crippen LogP contribution in [0, 0.1) is 6.92 Å². The molecule has 0 bridgehead atoms. The van der Waals surface area contributed by atoms with E-state index >= 15 is 0 Å². The molecule has 0 aliphatic heterocycles. The highest BCUT2D eigenvalue weighted by molar-refractivity contribution is 5.99. The molecule has 8 nitrogen and oxygen atoms in total. The van der Waals surface area contributed by atoms with Crippen molar-refractivity contribution in [3.8, 4) is 0 Å². The third kappa shape index (κ3) is 2.79. The van der Waals surface area contributed by atoms with E-state index in [1.165, 1.54) is 0 Å². The highest BCUT2D eigenvalue weighted by Gasteiger charge is 2.22. The van der Waals surface area contributed by atoms with Crippen molar-refractivity contribution < 1.29 is 4.79 Å².